The first-order chi connectivity index (χ1) is 10.3. The molecule has 1 nitrogen and oxygen atoms in total. The van der Waals surface area contributed by atoms with Crippen molar-refractivity contribution in [3.8, 4) is 0 Å². The first-order valence-electron chi connectivity index (χ1n) is 10.0. The van der Waals surface area contributed by atoms with E-state index in [0.717, 1.165) is 11.8 Å². The molecule has 0 aromatic carbocycles. The van der Waals surface area contributed by atoms with E-state index < -0.39 is 0 Å². The highest BCUT2D eigenvalue weighted by Crippen LogP contribution is 2.35. The lowest BCUT2D eigenvalue weighted by Gasteiger charge is -2.37. The third kappa shape index (κ3) is 5.58. The average molecular weight is 295 g/mol. The van der Waals surface area contributed by atoms with Crippen molar-refractivity contribution < 1.29 is 4.74 Å². The lowest BCUT2D eigenvalue weighted by atomic mass is 9.81. The first-order valence-corrected chi connectivity index (χ1v) is 10.0. The summed E-state index contributed by atoms with van der Waals surface area (Å²) in [5, 5.41) is 0. The summed E-state index contributed by atoms with van der Waals surface area (Å²) in [7, 11) is 0. The highest BCUT2D eigenvalue weighted by molar-refractivity contribution is 4.80. The fourth-order valence-corrected chi connectivity index (χ4v) is 4.64. The summed E-state index contributed by atoms with van der Waals surface area (Å²) in [6.45, 7) is 4.66. The Bertz CT molecular complexity index is 225. The van der Waals surface area contributed by atoms with E-state index in [1.807, 2.05) is 0 Å². The molecule has 0 spiro atoms. The number of hydrogen-bond acceptors (Lipinski definition) is 1. The van der Waals surface area contributed by atoms with Gasteiger partial charge in [0.1, 0.15) is 0 Å². The maximum absolute atomic E-state index is 6.81. The highest BCUT2D eigenvalue weighted by atomic mass is 16.5. The molecule has 2 aliphatic rings. The third-order valence-electron chi connectivity index (χ3n) is 5.85. The Morgan fingerprint density at radius 3 is 1.38 bits per heavy atom. The molecule has 2 rings (SSSR count). The Hall–Kier alpha value is -0.0400. The normalized spacial score (nSPS) is 24.9. The molecule has 21 heavy (non-hydrogen) atoms. The van der Waals surface area contributed by atoms with Gasteiger partial charge in [0.2, 0.25) is 0 Å². The SMILES string of the molecule is CCCC(OC(CCC)C1CCCCC1)C1CCCCC1. The Kier molecular flexibility index (Phi) is 8.14. The third-order valence-corrected chi connectivity index (χ3v) is 5.85. The predicted octanol–water partition coefficient (Wildman–Crippen LogP) is 6.50. The lowest BCUT2D eigenvalue weighted by molar-refractivity contribution is -0.0876. The number of rotatable bonds is 8. The van der Waals surface area contributed by atoms with Crippen molar-refractivity contribution in [3.63, 3.8) is 0 Å². The van der Waals surface area contributed by atoms with E-state index in [9.17, 15) is 0 Å². The maximum Gasteiger partial charge on any atom is 0.0607 e. The van der Waals surface area contributed by atoms with E-state index in [2.05, 4.69) is 13.8 Å². The zero-order chi connectivity index (χ0) is 14.9. The molecule has 0 aliphatic heterocycles. The second-order valence-corrected chi connectivity index (χ2v) is 7.59. The van der Waals surface area contributed by atoms with Crippen molar-refractivity contribution in [3.05, 3.63) is 0 Å². The van der Waals surface area contributed by atoms with Crippen LogP contribution in [0, 0.1) is 11.8 Å². The van der Waals surface area contributed by atoms with E-state index in [1.165, 1.54) is 89.9 Å². The largest absolute Gasteiger partial charge is 0.374 e. The molecule has 2 atom stereocenters. The van der Waals surface area contributed by atoms with Gasteiger partial charge in [-0.25, -0.2) is 0 Å². The van der Waals surface area contributed by atoms with Gasteiger partial charge in [0.05, 0.1) is 12.2 Å². The zero-order valence-electron chi connectivity index (χ0n) is 14.6. The Morgan fingerprint density at radius 2 is 1.05 bits per heavy atom. The second-order valence-electron chi connectivity index (χ2n) is 7.59. The monoisotopic (exact) mass is 294 g/mol. The molecule has 0 aromatic rings. The van der Waals surface area contributed by atoms with Crippen LogP contribution in [0.2, 0.25) is 0 Å². The lowest BCUT2D eigenvalue weighted by Crippen LogP contribution is -2.35. The van der Waals surface area contributed by atoms with Crippen LogP contribution in [-0.4, -0.2) is 12.2 Å². The van der Waals surface area contributed by atoms with Crippen molar-refractivity contribution in [2.24, 2.45) is 11.8 Å². The molecule has 0 radical (unpaired) electrons. The van der Waals surface area contributed by atoms with Gasteiger partial charge in [-0.15, -0.1) is 0 Å². The molecule has 0 N–H and O–H groups in total. The van der Waals surface area contributed by atoms with Crippen molar-refractivity contribution in [2.45, 2.75) is 116 Å². The van der Waals surface area contributed by atoms with E-state index >= 15 is 0 Å². The van der Waals surface area contributed by atoms with Gasteiger partial charge in [0.25, 0.3) is 0 Å². The minimum absolute atomic E-state index is 0.564. The molecule has 2 aliphatic carbocycles. The average Bonchev–Trinajstić information content (AvgIpc) is 2.55. The zero-order valence-corrected chi connectivity index (χ0v) is 14.6. The molecule has 2 saturated carbocycles. The predicted molar refractivity (Wildman–Crippen MR) is 91.6 cm³/mol. The number of hydrogen-bond donors (Lipinski definition) is 0. The molecule has 0 heterocycles. The maximum atomic E-state index is 6.81. The van der Waals surface area contributed by atoms with Crippen LogP contribution in [0.4, 0.5) is 0 Å². The van der Waals surface area contributed by atoms with Crippen LogP contribution in [0.25, 0.3) is 0 Å². The topological polar surface area (TPSA) is 9.23 Å². The van der Waals surface area contributed by atoms with E-state index in [4.69, 9.17) is 4.74 Å². The van der Waals surface area contributed by atoms with Crippen LogP contribution < -0.4 is 0 Å². The molecule has 0 amide bonds. The summed E-state index contributed by atoms with van der Waals surface area (Å²) in [6, 6.07) is 0. The summed E-state index contributed by atoms with van der Waals surface area (Å²) < 4.78 is 6.81. The number of ether oxygens (including phenoxy) is 1. The summed E-state index contributed by atoms with van der Waals surface area (Å²) >= 11 is 0. The standard InChI is InChI=1S/C20H38O/c1-3-11-19(17-13-7-5-8-14-17)21-20(12-4-2)18-15-9-6-10-16-18/h17-20H,3-16H2,1-2H3. The minimum atomic E-state index is 0.564. The van der Waals surface area contributed by atoms with E-state index in [1.54, 1.807) is 0 Å². The van der Waals surface area contributed by atoms with Crippen LogP contribution in [0.15, 0.2) is 0 Å². The van der Waals surface area contributed by atoms with Crippen LogP contribution >= 0.6 is 0 Å². The summed E-state index contributed by atoms with van der Waals surface area (Å²) in [4.78, 5) is 0. The Labute approximate surface area is 133 Å². The van der Waals surface area contributed by atoms with Crippen LogP contribution in [0.5, 0.6) is 0 Å². The molecule has 124 valence electrons. The summed E-state index contributed by atoms with van der Waals surface area (Å²) in [5.74, 6) is 1.73. The van der Waals surface area contributed by atoms with Crippen LogP contribution in [0.3, 0.4) is 0 Å². The molecule has 2 unspecified atom stereocenters. The van der Waals surface area contributed by atoms with Gasteiger partial charge in [-0.2, -0.15) is 0 Å². The van der Waals surface area contributed by atoms with E-state index in [0.29, 0.717) is 12.2 Å². The van der Waals surface area contributed by atoms with Gasteiger partial charge < -0.3 is 4.74 Å². The molecule has 0 saturated heterocycles. The molecule has 2 fully saturated rings. The van der Waals surface area contributed by atoms with Gasteiger partial charge in [0.15, 0.2) is 0 Å². The van der Waals surface area contributed by atoms with Gasteiger partial charge in [0, 0.05) is 0 Å². The van der Waals surface area contributed by atoms with Gasteiger partial charge in [-0.05, 0) is 50.4 Å². The van der Waals surface area contributed by atoms with Crippen molar-refractivity contribution in [2.75, 3.05) is 0 Å². The Balaban J connectivity index is 1.92. The fraction of sp³-hybridized carbons (Fsp3) is 1.00. The summed E-state index contributed by atoms with van der Waals surface area (Å²) in [5.41, 5.74) is 0. The highest BCUT2D eigenvalue weighted by Gasteiger charge is 2.30. The van der Waals surface area contributed by atoms with Gasteiger partial charge in [-0.1, -0.05) is 65.2 Å². The molecule has 0 aromatic heterocycles. The minimum Gasteiger partial charge on any atom is -0.374 e. The second kappa shape index (κ2) is 9.87. The van der Waals surface area contributed by atoms with Gasteiger partial charge >= 0.3 is 0 Å². The van der Waals surface area contributed by atoms with Crippen molar-refractivity contribution in [1.82, 2.24) is 0 Å². The fourth-order valence-electron chi connectivity index (χ4n) is 4.64. The molecule has 0 bridgehead atoms. The van der Waals surface area contributed by atoms with Gasteiger partial charge in [-0.3, -0.25) is 0 Å². The molecule has 1 heteroatoms. The first kappa shape index (κ1) is 17.3. The van der Waals surface area contributed by atoms with E-state index in [-0.39, 0.29) is 0 Å². The summed E-state index contributed by atoms with van der Waals surface area (Å²) in [6.07, 6.45) is 20.6. The van der Waals surface area contributed by atoms with Crippen molar-refractivity contribution in [1.29, 1.82) is 0 Å². The van der Waals surface area contributed by atoms with Crippen molar-refractivity contribution >= 4 is 0 Å². The van der Waals surface area contributed by atoms with Crippen LogP contribution in [-0.2, 0) is 4.74 Å². The quantitative estimate of drug-likeness (QED) is 0.496. The Morgan fingerprint density at radius 1 is 0.667 bits per heavy atom. The molecular formula is C20H38O. The van der Waals surface area contributed by atoms with Crippen LogP contribution in [0.1, 0.15) is 104 Å². The molecular weight excluding hydrogens is 256 g/mol. The smallest absolute Gasteiger partial charge is 0.0607 e.